The highest BCUT2D eigenvalue weighted by Crippen LogP contribution is 2.04. The van der Waals surface area contributed by atoms with Gasteiger partial charge in [-0.05, 0) is 19.9 Å². The minimum atomic E-state index is -1.31. The molecule has 8 heteroatoms. The van der Waals surface area contributed by atoms with Gasteiger partial charge in [-0.15, -0.1) is 0 Å². The van der Waals surface area contributed by atoms with Gasteiger partial charge in [-0.3, -0.25) is 4.90 Å². The van der Waals surface area contributed by atoms with Crippen LogP contribution >= 0.6 is 0 Å². The molecular weight excluding hydrogens is 266 g/mol. The van der Waals surface area contributed by atoms with Crippen LogP contribution in [0.1, 0.15) is 13.3 Å². The van der Waals surface area contributed by atoms with Gasteiger partial charge in [0.05, 0.1) is 12.7 Å². The van der Waals surface area contributed by atoms with Gasteiger partial charge in [0, 0.05) is 26.2 Å². The van der Waals surface area contributed by atoms with E-state index in [2.05, 4.69) is 10.2 Å². The maximum Gasteiger partial charge on any atom is 0.328 e. The highest BCUT2D eigenvalue weighted by atomic mass is 16.4. The number of amides is 2. The number of carboxylic acid groups (broad SMARTS) is 1. The summed E-state index contributed by atoms with van der Waals surface area (Å²) >= 11 is 0. The monoisotopic (exact) mass is 289 g/mol. The van der Waals surface area contributed by atoms with Crippen LogP contribution < -0.4 is 5.32 Å². The van der Waals surface area contributed by atoms with Gasteiger partial charge in [0.2, 0.25) is 0 Å². The molecule has 1 aliphatic rings. The lowest BCUT2D eigenvalue weighted by molar-refractivity contribution is -0.141. The number of carbonyl (C=O) groups excluding carboxylic acids is 1. The van der Waals surface area contributed by atoms with E-state index in [0.717, 1.165) is 13.0 Å². The average molecular weight is 289 g/mol. The third-order valence-corrected chi connectivity index (χ3v) is 3.32. The summed E-state index contributed by atoms with van der Waals surface area (Å²) in [5.74, 6) is -1.26. The maximum absolute atomic E-state index is 12.0. The first-order chi connectivity index (χ1) is 9.45. The van der Waals surface area contributed by atoms with Gasteiger partial charge in [0.25, 0.3) is 0 Å². The van der Waals surface area contributed by atoms with E-state index in [4.69, 9.17) is 10.2 Å². The van der Waals surface area contributed by atoms with E-state index < -0.39 is 24.1 Å². The number of carboxylic acids is 1. The molecular formula is C12H23N3O5. The molecule has 1 saturated heterocycles. The van der Waals surface area contributed by atoms with Crippen LogP contribution in [0.5, 0.6) is 0 Å². The molecule has 1 fully saturated rings. The third-order valence-electron chi connectivity index (χ3n) is 3.32. The minimum Gasteiger partial charge on any atom is -0.480 e. The van der Waals surface area contributed by atoms with Crippen LogP contribution in [0.3, 0.4) is 0 Å². The lowest BCUT2D eigenvalue weighted by atomic mass is 10.2. The molecule has 0 radical (unpaired) electrons. The van der Waals surface area contributed by atoms with Gasteiger partial charge in [0.1, 0.15) is 0 Å². The first-order valence-electron chi connectivity index (χ1n) is 6.75. The van der Waals surface area contributed by atoms with Crippen molar-refractivity contribution < 1.29 is 24.9 Å². The Morgan fingerprint density at radius 2 is 1.95 bits per heavy atom. The molecule has 0 bridgehead atoms. The van der Waals surface area contributed by atoms with E-state index in [1.165, 1.54) is 11.8 Å². The SMILES string of the molecule is CC(O)C(NC(=O)N1CCCN(CCO)CC1)C(=O)O. The number of aliphatic hydroxyl groups excluding tert-OH is 2. The summed E-state index contributed by atoms with van der Waals surface area (Å²) in [6.45, 7) is 4.40. The summed E-state index contributed by atoms with van der Waals surface area (Å²) < 4.78 is 0. The van der Waals surface area contributed by atoms with Crippen molar-refractivity contribution in [3.05, 3.63) is 0 Å². The first kappa shape index (κ1) is 16.7. The number of aliphatic hydroxyl groups is 2. The summed E-state index contributed by atoms with van der Waals surface area (Å²) in [5, 5.41) is 29.5. The van der Waals surface area contributed by atoms with Crippen molar-refractivity contribution in [2.45, 2.75) is 25.5 Å². The Balaban J connectivity index is 2.52. The predicted molar refractivity (Wildman–Crippen MR) is 71.4 cm³/mol. The third kappa shape index (κ3) is 4.95. The van der Waals surface area contributed by atoms with Crippen molar-refractivity contribution in [2.24, 2.45) is 0 Å². The number of aliphatic carboxylic acids is 1. The lowest BCUT2D eigenvalue weighted by Gasteiger charge is -2.25. The number of rotatable bonds is 5. The molecule has 4 N–H and O–H groups in total. The van der Waals surface area contributed by atoms with E-state index in [1.807, 2.05) is 0 Å². The van der Waals surface area contributed by atoms with Gasteiger partial charge in [-0.2, -0.15) is 0 Å². The second kappa shape index (κ2) is 8.03. The normalized spacial score (nSPS) is 20.1. The maximum atomic E-state index is 12.0. The molecule has 0 aliphatic carbocycles. The van der Waals surface area contributed by atoms with Crippen molar-refractivity contribution >= 4 is 12.0 Å². The fourth-order valence-electron chi connectivity index (χ4n) is 2.15. The summed E-state index contributed by atoms with van der Waals surface area (Å²) in [4.78, 5) is 26.5. The van der Waals surface area contributed by atoms with Gasteiger partial charge in [-0.1, -0.05) is 0 Å². The van der Waals surface area contributed by atoms with Crippen molar-refractivity contribution in [1.29, 1.82) is 0 Å². The molecule has 1 rings (SSSR count). The second-order valence-electron chi connectivity index (χ2n) is 4.91. The topological polar surface area (TPSA) is 113 Å². The van der Waals surface area contributed by atoms with Crippen molar-refractivity contribution in [3.8, 4) is 0 Å². The second-order valence-corrected chi connectivity index (χ2v) is 4.91. The molecule has 2 amide bonds. The number of hydrogen-bond donors (Lipinski definition) is 4. The molecule has 0 saturated carbocycles. The summed E-state index contributed by atoms with van der Waals surface area (Å²) in [7, 11) is 0. The molecule has 116 valence electrons. The van der Waals surface area contributed by atoms with Crippen LogP contribution in [0.4, 0.5) is 4.79 Å². The number of nitrogens with zero attached hydrogens (tertiary/aromatic N) is 2. The number of urea groups is 1. The van der Waals surface area contributed by atoms with Gasteiger partial charge >= 0.3 is 12.0 Å². The smallest absolute Gasteiger partial charge is 0.328 e. The zero-order chi connectivity index (χ0) is 15.1. The Kier molecular flexibility index (Phi) is 6.69. The van der Waals surface area contributed by atoms with Crippen LogP contribution in [-0.2, 0) is 4.79 Å². The van der Waals surface area contributed by atoms with E-state index in [0.29, 0.717) is 26.2 Å². The largest absolute Gasteiger partial charge is 0.480 e. The van der Waals surface area contributed by atoms with Crippen LogP contribution in [-0.4, -0.2) is 88.6 Å². The molecule has 1 heterocycles. The van der Waals surface area contributed by atoms with Crippen LogP contribution in [0.25, 0.3) is 0 Å². The molecule has 0 spiro atoms. The molecule has 0 aromatic rings. The van der Waals surface area contributed by atoms with E-state index >= 15 is 0 Å². The van der Waals surface area contributed by atoms with Gasteiger partial charge < -0.3 is 25.5 Å². The van der Waals surface area contributed by atoms with Crippen LogP contribution in [0.15, 0.2) is 0 Å². The van der Waals surface area contributed by atoms with E-state index in [-0.39, 0.29) is 6.61 Å². The Bertz CT molecular complexity index is 337. The zero-order valence-electron chi connectivity index (χ0n) is 11.7. The lowest BCUT2D eigenvalue weighted by Crippen LogP contribution is -2.52. The van der Waals surface area contributed by atoms with Gasteiger partial charge in [-0.25, -0.2) is 9.59 Å². The zero-order valence-corrected chi connectivity index (χ0v) is 11.7. The Labute approximate surface area is 118 Å². The highest BCUT2D eigenvalue weighted by Gasteiger charge is 2.27. The molecule has 20 heavy (non-hydrogen) atoms. The van der Waals surface area contributed by atoms with Crippen LogP contribution in [0, 0.1) is 0 Å². The molecule has 8 nitrogen and oxygen atoms in total. The minimum absolute atomic E-state index is 0.0787. The molecule has 1 aliphatic heterocycles. The number of hydrogen-bond acceptors (Lipinski definition) is 5. The summed E-state index contributed by atoms with van der Waals surface area (Å²) in [6, 6.07) is -1.79. The fourth-order valence-corrected chi connectivity index (χ4v) is 2.15. The predicted octanol–water partition coefficient (Wildman–Crippen LogP) is -1.47. The molecule has 2 unspecified atom stereocenters. The fraction of sp³-hybridized carbons (Fsp3) is 0.833. The van der Waals surface area contributed by atoms with Crippen LogP contribution in [0.2, 0.25) is 0 Å². The highest BCUT2D eigenvalue weighted by molar-refractivity contribution is 5.83. The average Bonchev–Trinajstić information content (AvgIpc) is 2.61. The quantitative estimate of drug-likeness (QED) is 0.491. The Morgan fingerprint density at radius 3 is 2.50 bits per heavy atom. The molecule has 0 aromatic carbocycles. The van der Waals surface area contributed by atoms with E-state index in [1.54, 1.807) is 0 Å². The van der Waals surface area contributed by atoms with E-state index in [9.17, 15) is 14.7 Å². The molecule has 0 aromatic heterocycles. The first-order valence-corrected chi connectivity index (χ1v) is 6.75. The standard InChI is InChI=1S/C12H23N3O5/c1-9(17)10(11(18)19)13-12(20)15-4-2-3-14(5-6-15)7-8-16/h9-10,16-17H,2-8H2,1H3,(H,13,20)(H,18,19). The Hall–Kier alpha value is -1.38. The number of carbonyl (C=O) groups is 2. The van der Waals surface area contributed by atoms with Crippen molar-refractivity contribution in [1.82, 2.24) is 15.1 Å². The van der Waals surface area contributed by atoms with Crippen molar-refractivity contribution in [3.63, 3.8) is 0 Å². The number of nitrogens with one attached hydrogen (secondary N) is 1. The number of β-amino-alcohol motifs (C(OH)–C–C–N with tert-alkyl or cyclic N) is 1. The summed E-state index contributed by atoms with van der Waals surface area (Å²) in [5.41, 5.74) is 0. The summed E-state index contributed by atoms with van der Waals surface area (Å²) in [6.07, 6.45) is -0.394. The van der Waals surface area contributed by atoms with Crippen molar-refractivity contribution in [2.75, 3.05) is 39.3 Å². The Morgan fingerprint density at radius 1 is 1.25 bits per heavy atom. The van der Waals surface area contributed by atoms with Gasteiger partial charge in [0.15, 0.2) is 6.04 Å². The molecule has 2 atom stereocenters.